The van der Waals surface area contributed by atoms with Crippen molar-refractivity contribution in [2.75, 3.05) is 33.4 Å². The molecule has 3 aromatic carbocycles. The third-order valence-electron chi connectivity index (χ3n) is 7.15. The molecule has 1 saturated heterocycles. The van der Waals surface area contributed by atoms with Gasteiger partial charge in [0.25, 0.3) is 0 Å². The zero-order chi connectivity index (χ0) is 25.0. The number of methoxy groups -OCH3 is 2. The summed E-state index contributed by atoms with van der Waals surface area (Å²) in [5.74, 6) is 0.445. The Balaban J connectivity index is 1.56. The fraction of sp³-hybridized carbons (Fsp3) is 0.296. The van der Waals surface area contributed by atoms with Crippen molar-refractivity contribution in [3.63, 3.8) is 0 Å². The lowest BCUT2D eigenvalue weighted by molar-refractivity contribution is -0.141. The summed E-state index contributed by atoms with van der Waals surface area (Å²) in [6.07, 6.45) is -0.521. The van der Waals surface area contributed by atoms with Gasteiger partial charge in [-0.05, 0) is 47.5 Å². The van der Waals surface area contributed by atoms with Crippen LogP contribution in [0.5, 0.6) is 34.5 Å². The Morgan fingerprint density at radius 3 is 2.25 bits per heavy atom. The van der Waals surface area contributed by atoms with Crippen LogP contribution in [0.3, 0.4) is 0 Å². The average molecular weight is 491 g/mol. The standard InChI is InChI=1S/C27H25NO8/c1-31-21-7-13(8-22(32-2)25(21)29)23-14-9-19-20(35-12-34-19)10-15(14)26(16-11-33-27(30)24(16)23)36-18-6-4-3-5-17(18)28/h3-10,16,23-24,26,29H,11-12,28H2,1-2H3/t16-,23+,24-,26+/m0/s1. The van der Waals surface area contributed by atoms with Crippen LogP contribution < -0.4 is 29.4 Å². The largest absolute Gasteiger partial charge is 0.502 e. The highest BCUT2D eigenvalue weighted by Gasteiger charge is 2.53. The number of ether oxygens (including phenoxy) is 6. The van der Waals surface area contributed by atoms with E-state index in [1.807, 2.05) is 24.3 Å². The van der Waals surface area contributed by atoms with Gasteiger partial charge in [0, 0.05) is 17.4 Å². The fourth-order valence-corrected chi connectivity index (χ4v) is 5.48. The Morgan fingerprint density at radius 2 is 1.58 bits per heavy atom. The van der Waals surface area contributed by atoms with E-state index >= 15 is 0 Å². The molecule has 0 spiro atoms. The van der Waals surface area contributed by atoms with Crippen LogP contribution in [-0.2, 0) is 9.53 Å². The first-order chi connectivity index (χ1) is 17.5. The molecular formula is C27H25NO8. The monoisotopic (exact) mass is 491 g/mol. The van der Waals surface area contributed by atoms with Gasteiger partial charge >= 0.3 is 5.97 Å². The number of hydrogen-bond donors (Lipinski definition) is 2. The number of phenolic OH excluding ortho intramolecular Hbond substituents is 1. The highest BCUT2D eigenvalue weighted by molar-refractivity contribution is 5.79. The highest BCUT2D eigenvalue weighted by Crippen LogP contribution is 2.56. The van der Waals surface area contributed by atoms with Gasteiger partial charge in [-0.1, -0.05) is 12.1 Å². The SMILES string of the molecule is COc1cc([C@@H]2c3cc4c(cc3[C@@H](Oc3ccccc3N)[C@H]3COC(=O)[C@H]23)OCO4)cc(OC)c1O. The molecule has 0 saturated carbocycles. The Bertz CT molecular complexity index is 1330. The minimum absolute atomic E-state index is 0.107. The molecule has 6 rings (SSSR count). The lowest BCUT2D eigenvalue weighted by atomic mass is 9.66. The maximum absolute atomic E-state index is 13.2. The Hall–Kier alpha value is -4.27. The van der Waals surface area contributed by atoms with Gasteiger partial charge < -0.3 is 39.3 Å². The van der Waals surface area contributed by atoms with Crippen molar-refractivity contribution < 1.29 is 38.3 Å². The third-order valence-corrected chi connectivity index (χ3v) is 7.15. The zero-order valence-electron chi connectivity index (χ0n) is 19.7. The Kier molecular flexibility index (Phi) is 5.21. The molecule has 3 N–H and O–H groups in total. The second-order valence-electron chi connectivity index (χ2n) is 8.98. The number of carbonyl (C=O) groups is 1. The van der Waals surface area contributed by atoms with Gasteiger partial charge in [-0.2, -0.15) is 0 Å². The van der Waals surface area contributed by atoms with Crippen LogP contribution in [0.2, 0.25) is 0 Å². The molecule has 3 aromatic rings. The van der Waals surface area contributed by atoms with Crippen LogP contribution in [0.1, 0.15) is 28.7 Å². The molecule has 1 fully saturated rings. The van der Waals surface area contributed by atoms with Gasteiger partial charge in [0.15, 0.2) is 23.0 Å². The third kappa shape index (κ3) is 3.34. The van der Waals surface area contributed by atoms with Crippen molar-refractivity contribution in [1.29, 1.82) is 0 Å². The van der Waals surface area contributed by atoms with Gasteiger partial charge in [-0.3, -0.25) is 4.79 Å². The van der Waals surface area contributed by atoms with E-state index in [1.165, 1.54) is 14.2 Å². The average Bonchev–Trinajstić information content (AvgIpc) is 3.50. The number of nitrogen functional groups attached to an aromatic ring is 1. The number of esters is 1. The quantitative estimate of drug-likeness (QED) is 0.406. The zero-order valence-corrected chi connectivity index (χ0v) is 19.7. The second kappa shape index (κ2) is 8.44. The van der Waals surface area contributed by atoms with Crippen molar-refractivity contribution in [2.24, 2.45) is 11.8 Å². The molecule has 9 nitrogen and oxygen atoms in total. The number of hydrogen-bond acceptors (Lipinski definition) is 9. The van der Waals surface area contributed by atoms with Gasteiger partial charge in [0.2, 0.25) is 12.5 Å². The molecule has 0 unspecified atom stereocenters. The van der Waals surface area contributed by atoms with Gasteiger partial charge in [-0.15, -0.1) is 0 Å². The first kappa shape index (κ1) is 22.2. The number of para-hydroxylation sites is 2. The summed E-state index contributed by atoms with van der Waals surface area (Å²) in [7, 11) is 2.93. The van der Waals surface area contributed by atoms with E-state index in [0.717, 1.165) is 16.7 Å². The molecule has 1 aliphatic carbocycles. The van der Waals surface area contributed by atoms with Crippen molar-refractivity contribution >= 4 is 11.7 Å². The minimum atomic E-state index is -0.563. The van der Waals surface area contributed by atoms with Crippen LogP contribution in [0.25, 0.3) is 0 Å². The number of anilines is 1. The lowest BCUT2D eigenvalue weighted by Crippen LogP contribution is -2.37. The summed E-state index contributed by atoms with van der Waals surface area (Å²) < 4.78 is 34.2. The number of aromatic hydroxyl groups is 1. The molecule has 4 atom stereocenters. The van der Waals surface area contributed by atoms with Gasteiger partial charge in [-0.25, -0.2) is 0 Å². The number of nitrogens with two attached hydrogens (primary N) is 1. The van der Waals surface area contributed by atoms with Crippen LogP contribution >= 0.6 is 0 Å². The number of fused-ring (bicyclic) bond motifs is 3. The smallest absolute Gasteiger partial charge is 0.310 e. The normalized spacial score (nSPS) is 23.4. The van der Waals surface area contributed by atoms with E-state index in [4.69, 9.17) is 34.2 Å². The number of carbonyl (C=O) groups excluding carboxylic acids is 1. The maximum atomic E-state index is 13.2. The van der Waals surface area contributed by atoms with Gasteiger partial charge in [0.1, 0.15) is 11.9 Å². The summed E-state index contributed by atoms with van der Waals surface area (Å²) in [4.78, 5) is 13.2. The van der Waals surface area contributed by atoms with Crippen LogP contribution in [0.15, 0.2) is 48.5 Å². The molecular weight excluding hydrogens is 466 g/mol. The van der Waals surface area contributed by atoms with Gasteiger partial charge in [0.05, 0.1) is 32.4 Å². The summed E-state index contributed by atoms with van der Waals surface area (Å²) >= 11 is 0. The molecule has 0 bridgehead atoms. The van der Waals surface area contributed by atoms with Crippen molar-refractivity contribution in [3.05, 3.63) is 65.2 Å². The predicted molar refractivity (Wildman–Crippen MR) is 128 cm³/mol. The molecule has 186 valence electrons. The van der Waals surface area contributed by atoms with Crippen LogP contribution in [-0.4, -0.2) is 38.7 Å². The van der Waals surface area contributed by atoms with Crippen LogP contribution in [0, 0.1) is 11.8 Å². The minimum Gasteiger partial charge on any atom is -0.502 e. The van der Waals surface area contributed by atoms with Crippen molar-refractivity contribution in [3.8, 4) is 34.5 Å². The summed E-state index contributed by atoms with van der Waals surface area (Å²) in [5.41, 5.74) is 9.09. The maximum Gasteiger partial charge on any atom is 0.310 e. The molecule has 3 aliphatic rings. The fourth-order valence-electron chi connectivity index (χ4n) is 5.48. The summed E-state index contributed by atoms with van der Waals surface area (Å²) in [6, 6.07) is 14.5. The van der Waals surface area contributed by atoms with E-state index in [2.05, 4.69) is 0 Å². The summed E-state index contributed by atoms with van der Waals surface area (Å²) in [6.45, 7) is 0.299. The predicted octanol–water partition coefficient (Wildman–Crippen LogP) is 3.78. The first-order valence-corrected chi connectivity index (χ1v) is 11.6. The molecule has 0 radical (unpaired) electrons. The van der Waals surface area contributed by atoms with E-state index in [1.54, 1.807) is 24.3 Å². The van der Waals surface area contributed by atoms with Crippen molar-refractivity contribution in [2.45, 2.75) is 12.0 Å². The number of cyclic esters (lactones) is 1. The summed E-state index contributed by atoms with van der Waals surface area (Å²) in [5, 5.41) is 10.5. The Morgan fingerprint density at radius 1 is 0.917 bits per heavy atom. The molecule has 9 heteroatoms. The highest BCUT2D eigenvalue weighted by atomic mass is 16.7. The molecule has 0 aromatic heterocycles. The van der Waals surface area contributed by atoms with E-state index < -0.39 is 17.9 Å². The molecule has 2 heterocycles. The van der Waals surface area contributed by atoms with E-state index in [0.29, 0.717) is 22.9 Å². The van der Waals surface area contributed by atoms with Crippen LogP contribution in [0.4, 0.5) is 5.69 Å². The molecule has 2 aliphatic heterocycles. The molecule has 36 heavy (non-hydrogen) atoms. The number of benzene rings is 3. The number of phenols is 1. The topological polar surface area (TPSA) is 119 Å². The van der Waals surface area contributed by atoms with Crippen molar-refractivity contribution in [1.82, 2.24) is 0 Å². The Labute approximate surface area is 207 Å². The lowest BCUT2D eigenvalue weighted by Gasteiger charge is -2.39. The van der Waals surface area contributed by atoms with E-state index in [9.17, 15) is 9.90 Å². The van der Waals surface area contributed by atoms with E-state index in [-0.39, 0.29) is 42.5 Å². The second-order valence-corrected chi connectivity index (χ2v) is 8.98. The molecule has 0 amide bonds. The first-order valence-electron chi connectivity index (χ1n) is 11.6. The number of rotatable bonds is 5.